The molecule has 1 aliphatic heterocycles. The lowest BCUT2D eigenvalue weighted by atomic mass is 10.1. The number of nitrogens with zero attached hydrogens (tertiary/aromatic N) is 1. The minimum Gasteiger partial charge on any atom is -0.490 e. The van der Waals surface area contributed by atoms with Crippen LogP contribution in [0.15, 0.2) is 18.2 Å². The first-order chi connectivity index (χ1) is 9.20. The quantitative estimate of drug-likeness (QED) is 0.650. The highest BCUT2D eigenvalue weighted by Gasteiger charge is 2.17. The molecule has 0 bridgehead atoms. The number of nitro groups is 1. The molecule has 0 radical (unpaired) electrons. The second kappa shape index (κ2) is 6.49. The smallest absolute Gasteiger partial charge is 0.311 e. The van der Waals surface area contributed by atoms with Crippen molar-refractivity contribution in [2.45, 2.75) is 25.6 Å². The lowest BCUT2D eigenvalue weighted by Crippen LogP contribution is -2.32. The van der Waals surface area contributed by atoms with Crippen LogP contribution in [0.2, 0.25) is 0 Å². The van der Waals surface area contributed by atoms with E-state index in [0.717, 1.165) is 31.5 Å². The second-order valence-corrected chi connectivity index (χ2v) is 4.52. The van der Waals surface area contributed by atoms with E-state index in [1.54, 1.807) is 12.1 Å². The van der Waals surface area contributed by atoms with Crippen molar-refractivity contribution in [2.24, 2.45) is 0 Å². The highest BCUT2D eigenvalue weighted by atomic mass is 16.6. The molecule has 1 fully saturated rings. The number of hydrogen-bond acceptors (Lipinski definition) is 5. The molecular formula is C13H18N2O4. The van der Waals surface area contributed by atoms with Crippen molar-refractivity contribution >= 4 is 5.69 Å². The Morgan fingerprint density at radius 2 is 2.16 bits per heavy atom. The summed E-state index contributed by atoms with van der Waals surface area (Å²) in [7, 11) is 1.42. The van der Waals surface area contributed by atoms with Gasteiger partial charge in [0.2, 0.25) is 0 Å². The highest BCUT2D eigenvalue weighted by molar-refractivity contribution is 5.48. The Morgan fingerprint density at radius 3 is 2.79 bits per heavy atom. The zero-order valence-electron chi connectivity index (χ0n) is 10.9. The molecular weight excluding hydrogens is 248 g/mol. The third-order valence-corrected chi connectivity index (χ3v) is 3.21. The standard InChI is InChI=1S/C13H18N2O4/c1-18-13-3-2-10(8-12(13)15(16)17)9-19-11-4-6-14-7-5-11/h2-3,8,11,14H,4-7,9H2,1H3. The van der Waals surface area contributed by atoms with Crippen LogP contribution in [-0.2, 0) is 11.3 Å². The molecule has 0 aromatic heterocycles. The van der Waals surface area contributed by atoms with Crippen LogP contribution in [-0.4, -0.2) is 31.2 Å². The summed E-state index contributed by atoms with van der Waals surface area (Å²) in [6.07, 6.45) is 2.21. The Kier molecular flexibility index (Phi) is 4.70. The Morgan fingerprint density at radius 1 is 1.42 bits per heavy atom. The number of hydrogen-bond donors (Lipinski definition) is 1. The van der Waals surface area contributed by atoms with E-state index in [9.17, 15) is 10.1 Å². The van der Waals surface area contributed by atoms with Crippen molar-refractivity contribution in [3.05, 3.63) is 33.9 Å². The van der Waals surface area contributed by atoms with E-state index in [-0.39, 0.29) is 17.5 Å². The van der Waals surface area contributed by atoms with Crippen molar-refractivity contribution in [3.8, 4) is 5.75 Å². The van der Waals surface area contributed by atoms with E-state index in [1.807, 2.05) is 0 Å². The summed E-state index contributed by atoms with van der Waals surface area (Å²) >= 11 is 0. The molecule has 2 rings (SSSR count). The van der Waals surface area contributed by atoms with Crippen molar-refractivity contribution in [3.63, 3.8) is 0 Å². The molecule has 1 N–H and O–H groups in total. The molecule has 1 heterocycles. The van der Waals surface area contributed by atoms with E-state index in [0.29, 0.717) is 6.61 Å². The monoisotopic (exact) mass is 266 g/mol. The molecule has 0 spiro atoms. The van der Waals surface area contributed by atoms with Crippen LogP contribution in [0.5, 0.6) is 5.75 Å². The van der Waals surface area contributed by atoms with Gasteiger partial charge in [-0.25, -0.2) is 0 Å². The zero-order valence-corrected chi connectivity index (χ0v) is 10.9. The van der Waals surface area contributed by atoms with Gasteiger partial charge in [0.1, 0.15) is 0 Å². The van der Waals surface area contributed by atoms with Gasteiger partial charge in [-0.1, -0.05) is 6.07 Å². The number of methoxy groups -OCH3 is 1. The molecule has 1 saturated heterocycles. The summed E-state index contributed by atoms with van der Waals surface area (Å²) in [5.41, 5.74) is 0.778. The number of ether oxygens (including phenoxy) is 2. The number of rotatable bonds is 5. The van der Waals surface area contributed by atoms with Crippen LogP contribution < -0.4 is 10.1 Å². The van der Waals surface area contributed by atoms with Crippen molar-refractivity contribution in [1.29, 1.82) is 0 Å². The van der Waals surface area contributed by atoms with Crippen molar-refractivity contribution < 1.29 is 14.4 Å². The molecule has 1 aliphatic rings. The van der Waals surface area contributed by atoms with Crippen LogP contribution in [0.1, 0.15) is 18.4 Å². The SMILES string of the molecule is COc1ccc(COC2CCNCC2)cc1[N+](=O)[O-]. The molecule has 1 aromatic carbocycles. The maximum absolute atomic E-state index is 10.9. The van der Waals surface area contributed by atoms with E-state index < -0.39 is 4.92 Å². The van der Waals surface area contributed by atoms with Crippen LogP contribution >= 0.6 is 0 Å². The normalized spacial score (nSPS) is 16.3. The van der Waals surface area contributed by atoms with Gasteiger partial charge in [0, 0.05) is 6.07 Å². The van der Waals surface area contributed by atoms with Crippen molar-refractivity contribution in [1.82, 2.24) is 5.32 Å². The average molecular weight is 266 g/mol. The van der Waals surface area contributed by atoms with Gasteiger partial charge in [0.05, 0.1) is 24.7 Å². The Bertz CT molecular complexity index is 444. The summed E-state index contributed by atoms with van der Waals surface area (Å²) < 4.78 is 10.7. The molecule has 0 atom stereocenters. The first kappa shape index (κ1) is 13.8. The Balaban J connectivity index is 2.00. The first-order valence-electron chi connectivity index (χ1n) is 6.34. The predicted molar refractivity (Wildman–Crippen MR) is 70.3 cm³/mol. The van der Waals surface area contributed by atoms with Crippen molar-refractivity contribution in [2.75, 3.05) is 20.2 Å². The average Bonchev–Trinajstić information content (AvgIpc) is 2.46. The van der Waals surface area contributed by atoms with Gasteiger partial charge in [-0.2, -0.15) is 0 Å². The topological polar surface area (TPSA) is 73.6 Å². The van der Waals surface area contributed by atoms with Gasteiger partial charge >= 0.3 is 5.69 Å². The Labute approximate surface area is 111 Å². The molecule has 104 valence electrons. The molecule has 0 amide bonds. The molecule has 6 nitrogen and oxygen atoms in total. The van der Waals surface area contributed by atoms with E-state index in [1.165, 1.54) is 13.2 Å². The minimum absolute atomic E-state index is 0.0195. The number of piperidine rings is 1. The summed E-state index contributed by atoms with van der Waals surface area (Å²) in [5, 5.41) is 14.2. The maximum Gasteiger partial charge on any atom is 0.311 e. The fourth-order valence-corrected chi connectivity index (χ4v) is 2.14. The number of benzene rings is 1. The van der Waals surface area contributed by atoms with Gasteiger partial charge in [0.15, 0.2) is 5.75 Å². The summed E-state index contributed by atoms with van der Waals surface area (Å²) in [6, 6.07) is 4.92. The van der Waals surface area contributed by atoms with Gasteiger partial charge in [-0.05, 0) is 37.6 Å². The van der Waals surface area contributed by atoms with Crippen LogP contribution in [0.4, 0.5) is 5.69 Å². The molecule has 19 heavy (non-hydrogen) atoms. The van der Waals surface area contributed by atoms with Crippen LogP contribution in [0.3, 0.4) is 0 Å². The van der Waals surface area contributed by atoms with Gasteiger partial charge in [0.25, 0.3) is 0 Å². The zero-order chi connectivity index (χ0) is 13.7. The largest absolute Gasteiger partial charge is 0.490 e. The molecule has 6 heteroatoms. The predicted octanol–water partition coefficient (Wildman–Crippen LogP) is 1.87. The second-order valence-electron chi connectivity index (χ2n) is 4.52. The minimum atomic E-state index is -0.438. The lowest BCUT2D eigenvalue weighted by molar-refractivity contribution is -0.385. The number of nitrogens with one attached hydrogen (secondary N) is 1. The summed E-state index contributed by atoms with van der Waals surface area (Å²) in [6.45, 7) is 2.33. The van der Waals surface area contributed by atoms with Crippen LogP contribution in [0, 0.1) is 10.1 Å². The van der Waals surface area contributed by atoms with Crippen LogP contribution in [0.25, 0.3) is 0 Å². The summed E-state index contributed by atoms with van der Waals surface area (Å²) in [4.78, 5) is 10.5. The molecule has 0 aliphatic carbocycles. The third-order valence-electron chi connectivity index (χ3n) is 3.21. The fraction of sp³-hybridized carbons (Fsp3) is 0.538. The van der Waals surface area contributed by atoms with E-state index in [2.05, 4.69) is 5.32 Å². The van der Waals surface area contributed by atoms with Gasteiger partial charge < -0.3 is 14.8 Å². The van der Waals surface area contributed by atoms with E-state index in [4.69, 9.17) is 9.47 Å². The van der Waals surface area contributed by atoms with E-state index >= 15 is 0 Å². The number of nitro benzene ring substituents is 1. The molecule has 1 aromatic rings. The molecule has 0 saturated carbocycles. The highest BCUT2D eigenvalue weighted by Crippen LogP contribution is 2.28. The van der Waals surface area contributed by atoms with Gasteiger partial charge in [-0.15, -0.1) is 0 Å². The first-order valence-corrected chi connectivity index (χ1v) is 6.34. The maximum atomic E-state index is 10.9. The molecule has 0 unspecified atom stereocenters. The van der Waals surface area contributed by atoms with Gasteiger partial charge in [-0.3, -0.25) is 10.1 Å². The third kappa shape index (κ3) is 3.65. The fourth-order valence-electron chi connectivity index (χ4n) is 2.14. The summed E-state index contributed by atoms with van der Waals surface area (Å²) in [5.74, 6) is 0.274. The Hall–Kier alpha value is -1.66. The lowest BCUT2D eigenvalue weighted by Gasteiger charge is -2.22.